The van der Waals surface area contributed by atoms with Crippen LogP contribution in [0.25, 0.3) is 0 Å². The standard InChI is InChI=1S/C20H32/c1-17(2)8-5-9-19(4)15(17)7-11-20-13-12-18(3,14-20)10-6-16(19)20/h12-13,15-16H,5-11,14H2,1-4H3/t15-,16-,18-,19-,20+/m0/s1. The van der Waals surface area contributed by atoms with Crippen LogP contribution in [0.15, 0.2) is 12.2 Å². The summed E-state index contributed by atoms with van der Waals surface area (Å²) in [5.41, 5.74) is 2.34. The summed E-state index contributed by atoms with van der Waals surface area (Å²) in [5.74, 6) is 1.94. The van der Waals surface area contributed by atoms with Gasteiger partial charge in [0.1, 0.15) is 0 Å². The maximum Gasteiger partial charge on any atom is -0.00762 e. The summed E-state index contributed by atoms with van der Waals surface area (Å²) in [7, 11) is 0. The van der Waals surface area contributed by atoms with Crippen molar-refractivity contribution in [2.75, 3.05) is 0 Å². The highest BCUT2D eigenvalue weighted by atomic mass is 14.7. The van der Waals surface area contributed by atoms with E-state index in [1.807, 2.05) is 0 Å². The van der Waals surface area contributed by atoms with E-state index in [9.17, 15) is 0 Å². The molecule has 20 heavy (non-hydrogen) atoms. The second-order valence-electron chi connectivity index (χ2n) is 9.93. The summed E-state index contributed by atoms with van der Waals surface area (Å²) in [4.78, 5) is 0. The Bertz CT molecular complexity index is 459. The van der Waals surface area contributed by atoms with E-state index in [0.29, 0.717) is 21.7 Å². The van der Waals surface area contributed by atoms with E-state index in [4.69, 9.17) is 0 Å². The number of allylic oxidation sites excluding steroid dienone is 2. The van der Waals surface area contributed by atoms with Crippen LogP contribution in [0, 0.1) is 33.5 Å². The number of hydrogen-bond acceptors (Lipinski definition) is 0. The fourth-order valence-electron chi connectivity index (χ4n) is 7.46. The zero-order valence-corrected chi connectivity index (χ0v) is 14.0. The van der Waals surface area contributed by atoms with Gasteiger partial charge in [0.2, 0.25) is 0 Å². The third-order valence-electron chi connectivity index (χ3n) is 8.22. The van der Waals surface area contributed by atoms with Gasteiger partial charge in [-0.2, -0.15) is 0 Å². The largest absolute Gasteiger partial charge is 0.0820 e. The van der Waals surface area contributed by atoms with Gasteiger partial charge in [-0.05, 0) is 78.4 Å². The second-order valence-corrected chi connectivity index (χ2v) is 9.93. The lowest BCUT2D eigenvalue weighted by Crippen LogP contribution is -2.56. The molecule has 3 fully saturated rings. The van der Waals surface area contributed by atoms with E-state index in [-0.39, 0.29) is 0 Å². The molecule has 0 aliphatic heterocycles. The van der Waals surface area contributed by atoms with Gasteiger partial charge in [0, 0.05) is 0 Å². The van der Waals surface area contributed by atoms with Crippen LogP contribution in [0.3, 0.4) is 0 Å². The predicted molar refractivity (Wildman–Crippen MR) is 85.5 cm³/mol. The molecule has 5 atom stereocenters. The Morgan fingerprint density at radius 3 is 2.35 bits per heavy atom. The average Bonchev–Trinajstić information content (AvgIpc) is 2.58. The quantitative estimate of drug-likeness (QED) is 0.476. The van der Waals surface area contributed by atoms with Gasteiger partial charge in [-0.1, -0.05) is 46.3 Å². The van der Waals surface area contributed by atoms with Gasteiger partial charge in [-0.3, -0.25) is 0 Å². The third kappa shape index (κ3) is 1.54. The molecule has 4 aliphatic carbocycles. The summed E-state index contributed by atoms with van der Waals surface area (Å²) >= 11 is 0. The van der Waals surface area contributed by atoms with E-state index < -0.39 is 0 Å². The Balaban J connectivity index is 1.75. The Labute approximate surface area is 125 Å². The maximum absolute atomic E-state index is 2.69. The van der Waals surface area contributed by atoms with Crippen LogP contribution < -0.4 is 0 Å². The van der Waals surface area contributed by atoms with Gasteiger partial charge in [0.15, 0.2) is 0 Å². The summed E-state index contributed by atoms with van der Waals surface area (Å²) in [6.07, 6.45) is 17.1. The molecule has 4 aliphatic rings. The van der Waals surface area contributed by atoms with E-state index >= 15 is 0 Å². The first-order valence-electron chi connectivity index (χ1n) is 9.00. The Morgan fingerprint density at radius 1 is 0.800 bits per heavy atom. The molecular weight excluding hydrogens is 240 g/mol. The van der Waals surface area contributed by atoms with Gasteiger partial charge in [0.05, 0.1) is 0 Å². The molecule has 0 aromatic rings. The molecule has 4 rings (SSSR count). The molecule has 0 radical (unpaired) electrons. The normalized spacial score (nSPS) is 56.2. The van der Waals surface area contributed by atoms with Crippen molar-refractivity contribution in [2.24, 2.45) is 33.5 Å². The van der Waals surface area contributed by atoms with Crippen molar-refractivity contribution in [3.05, 3.63) is 12.2 Å². The minimum Gasteiger partial charge on any atom is -0.0820 e. The van der Waals surface area contributed by atoms with Crippen molar-refractivity contribution < 1.29 is 0 Å². The molecule has 3 saturated carbocycles. The van der Waals surface area contributed by atoms with Crippen molar-refractivity contribution in [1.29, 1.82) is 0 Å². The predicted octanol–water partition coefficient (Wildman–Crippen LogP) is 5.98. The van der Waals surface area contributed by atoms with Crippen molar-refractivity contribution in [1.82, 2.24) is 0 Å². The fourth-order valence-corrected chi connectivity index (χ4v) is 7.46. The Hall–Kier alpha value is -0.260. The van der Waals surface area contributed by atoms with E-state index in [0.717, 1.165) is 11.8 Å². The first kappa shape index (κ1) is 13.4. The molecule has 0 saturated heterocycles. The minimum absolute atomic E-state index is 0.546. The SMILES string of the molecule is CC1(C)CCC[C@]2(C)[C@@H]3CC[C@@]4(C)C=C[C@]3(CC[C@@H]12)C4. The topological polar surface area (TPSA) is 0 Å². The fraction of sp³-hybridized carbons (Fsp3) is 0.900. The van der Waals surface area contributed by atoms with Gasteiger partial charge < -0.3 is 0 Å². The molecule has 0 N–H and O–H groups in total. The zero-order valence-electron chi connectivity index (χ0n) is 14.0. The maximum atomic E-state index is 2.69. The van der Waals surface area contributed by atoms with Gasteiger partial charge in [-0.15, -0.1) is 0 Å². The molecule has 112 valence electrons. The van der Waals surface area contributed by atoms with Crippen LogP contribution >= 0.6 is 0 Å². The first-order chi connectivity index (χ1) is 9.30. The molecule has 0 aromatic carbocycles. The van der Waals surface area contributed by atoms with Crippen molar-refractivity contribution >= 4 is 0 Å². The lowest BCUT2D eigenvalue weighted by Gasteiger charge is -2.64. The van der Waals surface area contributed by atoms with Crippen LogP contribution in [0.1, 0.15) is 79.1 Å². The first-order valence-corrected chi connectivity index (χ1v) is 9.00. The third-order valence-corrected chi connectivity index (χ3v) is 8.22. The van der Waals surface area contributed by atoms with E-state index in [1.165, 1.54) is 51.4 Å². The smallest absolute Gasteiger partial charge is 0.00762 e. The van der Waals surface area contributed by atoms with Crippen LogP contribution in [-0.2, 0) is 0 Å². The summed E-state index contributed by atoms with van der Waals surface area (Å²) < 4.78 is 0. The molecule has 0 heterocycles. The Kier molecular flexibility index (Phi) is 2.50. The highest BCUT2D eigenvalue weighted by Gasteiger charge is 2.62. The van der Waals surface area contributed by atoms with Crippen molar-refractivity contribution in [3.8, 4) is 0 Å². The lowest BCUT2D eigenvalue weighted by molar-refractivity contribution is -0.139. The number of rotatable bonds is 0. The summed E-state index contributed by atoms with van der Waals surface area (Å²) in [5, 5.41) is 0. The van der Waals surface area contributed by atoms with Gasteiger partial charge in [0.25, 0.3) is 0 Å². The molecular formula is C20H32. The van der Waals surface area contributed by atoms with Crippen LogP contribution in [0.5, 0.6) is 0 Å². The molecule has 1 spiro atoms. The van der Waals surface area contributed by atoms with Gasteiger partial charge in [-0.25, -0.2) is 0 Å². The highest BCUT2D eigenvalue weighted by molar-refractivity contribution is 5.25. The molecule has 0 aromatic heterocycles. The molecule has 2 bridgehead atoms. The zero-order chi connectivity index (χ0) is 14.2. The molecule has 0 heteroatoms. The van der Waals surface area contributed by atoms with Crippen LogP contribution in [0.4, 0.5) is 0 Å². The number of hydrogen-bond donors (Lipinski definition) is 0. The van der Waals surface area contributed by atoms with Crippen molar-refractivity contribution in [3.63, 3.8) is 0 Å². The molecule has 0 unspecified atom stereocenters. The summed E-state index contributed by atoms with van der Waals surface area (Å²) in [6, 6.07) is 0. The molecule has 0 nitrogen and oxygen atoms in total. The van der Waals surface area contributed by atoms with E-state index in [1.54, 1.807) is 0 Å². The average molecular weight is 272 g/mol. The van der Waals surface area contributed by atoms with Gasteiger partial charge >= 0.3 is 0 Å². The highest BCUT2D eigenvalue weighted by Crippen LogP contribution is 2.71. The number of fused-ring (bicyclic) bond motifs is 3. The second kappa shape index (κ2) is 3.73. The van der Waals surface area contributed by atoms with E-state index in [2.05, 4.69) is 39.8 Å². The minimum atomic E-state index is 0.546. The van der Waals surface area contributed by atoms with Crippen LogP contribution in [-0.4, -0.2) is 0 Å². The lowest BCUT2D eigenvalue weighted by atomic mass is 9.40. The Morgan fingerprint density at radius 2 is 1.55 bits per heavy atom. The summed E-state index contributed by atoms with van der Waals surface area (Å²) in [6.45, 7) is 10.3. The van der Waals surface area contributed by atoms with Crippen molar-refractivity contribution in [2.45, 2.75) is 79.1 Å². The molecule has 0 amide bonds. The monoisotopic (exact) mass is 272 g/mol. The van der Waals surface area contributed by atoms with Crippen LogP contribution in [0.2, 0.25) is 0 Å².